The first-order chi connectivity index (χ1) is 7.88. The zero-order valence-electron chi connectivity index (χ0n) is 8.16. The third kappa shape index (κ3) is 2.62. The Kier molecular flexibility index (Phi) is 3.21. The molecular weight excluding hydrogens is 222 g/mol. The fourth-order valence-electron chi connectivity index (χ4n) is 0.978. The second kappa shape index (κ2) is 5.00. The molecule has 0 radical (unpaired) electrons. The van der Waals surface area contributed by atoms with Gasteiger partial charge in [-0.2, -0.15) is 10.4 Å². The number of aromatic nitrogens is 2. The molecule has 2 heterocycles. The van der Waals surface area contributed by atoms with E-state index in [0.717, 1.165) is 5.01 Å². The van der Waals surface area contributed by atoms with E-state index in [0.29, 0.717) is 11.4 Å². The van der Waals surface area contributed by atoms with Gasteiger partial charge in [0.2, 0.25) is 0 Å². The number of nitrogens with one attached hydrogen (secondary N) is 1. The Morgan fingerprint density at radius 1 is 1.44 bits per heavy atom. The molecule has 0 aliphatic heterocycles. The average Bonchev–Trinajstić information content (AvgIpc) is 2.83. The van der Waals surface area contributed by atoms with Gasteiger partial charge in [0.1, 0.15) is 16.9 Å². The lowest BCUT2D eigenvalue weighted by Crippen LogP contribution is -1.93. The Bertz CT molecular complexity index is 509. The lowest BCUT2D eigenvalue weighted by molar-refractivity contribution is 1.22. The van der Waals surface area contributed by atoms with Crippen LogP contribution in [0.2, 0.25) is 0 Å². The van der Waals surface area contributed by atoms with Crippen molar-refractivity contribution >= 4 is 23.4 Å². The second-order valence-electron chi connectivity index (χ2n) is 2.78. The Hall–Kier alpha value is -2.26. The summed E-state index contributed by atoms with van der Waals surface area (Å²) in [5.74, 6) is 0.590. The van der Waals surface area contributed by atoms with Gasteiger partial charge >= 0.3 is 0 Å². The van der Waals surface area contributed by atoms with Crippen molar-refractivity contribution in [3.63, 3.8) is 0 Å². The third-order valence-electron chi connectivity index (χ3n) is 1.70. The summed E-state index contributed by atoms with van der Waals surface area (Å²) in [5, 5.41) is 15.2. The standard InChI is InChI=1S/C10H7N5S/c11-5-8-1-2-9(13-6-8)15-14-7-10-12-3-4-16-10/h1-4,6-7H,(H,13,15)/b14-7+. The van der Waals surface area contributed by atoms with Crippen molar-refractivity contribution in [2.45, 2.75) is 0 Å². The topological polar surface area (TPSA) is 74.0 Å². The van der Waals surface area contributed by atoms with E-state index in [1.54, 1.807) is 24.5 Å². The summed E-state index contributed by atoms with van der Waals surface area (Å²) < 4.78 is 0. The van der Waals surface area contributed by atoms with E-state index >= 15 is 0 Å². The summed E-state index contributed by atoms with van der Waals surface area (Å²) in [5.41, 5.74) is 3.27. The van der Waals surface area contributed by atoms with Crippen LogP contribution >= 0.6 is 11.3 Å². The van der Waals surface area contributed by atoms with E-state index in [1.165, 1.54) is 17.5 Å². The van der Waals surface area contributed by atoms with Gasteiger partial charge in [0.05, 0.1) is 11.8 Å². The zero-order valence-corrected chi connectivity index (χ0v) is 8.98. The van der Waals surface area contributed by atoms with Crippen LogP contribution < -0.4 is 5.43 Å². The first kappa shape index (κ1) is 10.3. The molecule has 0 aromatic carbocycles. The number of thiazole rings is 1. The molecule has 0 aliphatic rings. The molecule has 0 saturated carbocycles. The summed E-state index contributed by atoms with van der Waals surface area (Å²) in [7, 11) is 0. The molecule has 1 N–H and O–H groups in total. The van der Waals surface area contributed by atoms with Crippen molar-refractivity contribution in [2.75, 3.05) is 5.43 Å². The van der Waals surface area contributed by atoms with Gasteiger partial charge in [0, 0.05) is 17.8 Å². The molecule has 0 atom stereocenters. The highest BCUT2D eigenvalue weighted by Gasteiger charge is 1.93. The van der Waals surface area contributed by atoms with Gasteiger partial charge in [-0.25, -0.2) is 9.97 Å². The molecule has 6 heteroatoms. The summed E-state index contributed by atoms with van der Waals surface area (Å²) in [4.78, 5) is 8.04. The van der Waals surface area contributed by atoms with Gasteiger partial charge in [-0.05, 0) is 12.1 Å². The van der Waals surface area contributed by atoms with Crippen LogP contribution in [0, 0.1) is 11.3 Å². The number of pyridine rings is 1. The van der Waals surface area contributed by atoms with E-state index in [2.05, 4.69) is 20.5 Å². The predicted octanol–water partition coefficient (Wildman–Crippen LogP) is 1.86. The molecule has 5 nitrogen and oxygen atoms in total. The number of nitrogens with zero attached hydrogens (tertiary/aromatic N) is 4. The molecule has 2 aromatic heterocycles. The molecule has 0 aliphatic carbocycles. The smallest absolute Gasteiger partial charge is 0.146 e. The first-order valence-corrected chi connectivity index (χ1v) is 5.31. The van der Waals surface area contributed by atoms with Crippen molar-refractivity contribution in [1.29, 1.82) is 5.26 Å². The van der Waals surface area contributed by atoms with Crippen molar-refractivity contribution in [3.8, 4) is 6.07 Å². The summed E-state index contributed by atoms with van der Waals surface area (Å²) in [6, 6.07) is 5.36. The van der Waals surface area contributed by atoms with Crippen LogP contribution in [0.25, 0.3) is 0 Å². The van der Waals surface area contributed by atoms with Gasteiger partial charge < -0.3 is 0 Å². The second-order valence-corrected chi connectivity index (χ2v) is 3.71. The van der Waals surface area contributed by atoms with E-state index in [9.17, 15) is 0 Å². The van der Waals surface area contributed by atoms with Crippen molar-refractivity contribution in [2.24, 2.45) is 5.10 Å². The molecule has 2 aromatic rings. The predicted molar refractivity (Wildman–Crippen MR) is 62.3 cm³/mol. The minimum absolute atomic E-state index is 0.523. The summed E-state index contributed by atoms with van der Waals surface area (Å²) in [6.45, 7) is 0. The van der Waals surface area contributed by atoms with Gasteiger partial charge in [-0.1, -0.05) is 0 Å². The van der Waals surface area contributed by atoms with Gasteiger partial charge in [-0.15, -0.1) is 11.3 Å². The maximum Gasteiger partial charge on any atom is 0.146 e. The molecule has 2 rings (SSSR count). The van der Waals surface area contributed by atoms with Crippen LogP contribution in [0.1, 0.15) is 10.6 Å². The van der Waals surface area contributed by atoms with Crippen LogP contribution in [-0.4, -0.2) is 16.2 Å². The molecule has 0 spiro atoms. The Morgan fingerprint density at radius 3 is 3.00 bits per heavy atom. The van der Waals surface area contributed by atoms with E-state index in [-0.39, 0.29) is 0 Å². The number of nitriles is 1. The SMILES string of the molecule is N#Cc1ccc(N/N=C/c2nccs2)nc1. The van der Waals surface area contributed by atoms with Gasteiger partial charge in [-0.3, -0.25) is 5.43 Å². The number of hydrazone groups is 1. The maximum absolute atomic E-state index is 8.58. The van der Waals surface area contributed by atoms with Gasteiger partial charge in [0.15, 0.2) is 0 Å². The lowest BCUT2D eigenvalue weighted by Gasteiger charge is -1.97. The lowest BCUT2D eigenvalue weighted by atomic mass is 10.3. The fraction of sp³-hybridized carbons (Fsp3) is 0. The highest BCUT2D eigenvalue weighted by Crippen LogP contribution is 2.04. The highest BCUT2D eigenvalue weighted by molar-refractivity contribution is 7.11. The molecule has 0 amide bonds. The maximum atomic E-state index is 8.58. The molecule has 78 valence electrons. The number of hydrogen-bond acceptors (Lipinski definition) is 6. The molecule has 0 saturated heterocycles. The molecular formula is C10H7N5S. The Balaban J connectivity index is 1.97. The highest BCUT2D eigenvalue weighted by atomic mass is 32.1. The minimum Gasteiger partial charge on any atom is -0.261 e. The van der Waals surface area contributed by atoms with E-state index in [4.69, 9.17) is 5.26 Å². The van der Waals surface area contributed by atoms with E-state index < -0.39 is 0 Å². The van der Waals surface area contributed by atoms with Crippen LogP contribution in [0.3, 0.4) is 0 Å². The minimum atomic E-state index is 0.523. The summed E-state index contributed by atoms with van der Waals surface area (Å²) in [6.07, 6.45) is 4.82. The zero-order chi connectivity index (χ0) is 11.2. The largest absolute Gasteiger partial charge is 0.261 e. The molecule has 0 fully saturated rings. The Labute approximate surface area is 96.1 Å². The van der Waals surface area contributed by atoms with Crippen LogP contribution in [0.15, 0.2) is 35.0 Å². The van der Waals surface area contributed by atoms with E-state index in [1.807, 2.05) is 11.4 Å². The Morgan fingerprint density at radius 2 is 2.38 bits per heavy atom. The van der Waals surface area contributed by atoms with Crippen molar-refractivity contribution in [3.05, 3.63) is 40.5 Å². The third-order valence-corrected chi connectivity index (χ3v) is 2.41. The van der Waals surface area contributed by atoms with Gasteiger partial charge in [0.25, 0.3) is 0 Å². The molecule has 0 bridgehead atoms. The van der Waals surface area contributed by atoms with Crippen molar-refractivity contribution in [1.82, 2.24) is 9.97 Å². The average molecular weight is 229 g/mol. The first-order valence-electron chi connectivity index (χ1n) is 4.43. The summed E-state index contributed by atoms with van der Waals surface area (Å²) >= 11 is 1.50. The number of rotatable bonds is 3. The fourth-order valence-corrected chi connectivity index (χ4v) is 1.47. The molecule has 0 unspecified atom stereocenters. The van der Waals surface area contributed by atoms with Crippen molar-refractivity contribution < 1.29 is 0 Å². The quantitative estimate of drug-likeness (QED) is 0.644. The number of hydrogen-bond donors (Lipinski definition) is 1. The van der Waals surface area contributed by atoms with Crippen LogP contribution in [0.4, 0.5) is 5.82 Å². The normalized spacial score (nSPS) is 10.2. The monoisotopic (exact) mass is 229 g/mol. The van der Waals surface area contributed by atoms with Crippen LogP contribution in [-0.2, 0) is 0 Å². The number of anilines is 1. The molecule has 16 heavy (non-hydrogen) atoms. The van der Waals surface area contributed by atoms with Crippen LogP contribution in [0.5, 0.6) is 0 Å².